The molecular formula is C12H11FN2O2. The summed E-state index contributed by atoms with van der Waals surface area (Å²) >= 11 is 0. The molecule has 0 fully saturated rings. The molecule has 0 saturated heterocycles. The molecule has 5 heteroatoms. The predicted octanol–water partition coefficient (Wildman–Crippen LogP) is 0.964. The molecule has 1 amide bonds. The van der Waals surface area contributed by atoms with Gasteiger partial charge >= 0.3 is 0 Å². The van der Waals surface area contributed by atoms with Gasteiger partial charge in [0.15, 0.2) is 5.78 Å². The highest BCUT2D eigenvalue weighted by molar-refractivity contribution is 6.19. The number of nitrogens with two attached hydrogens (primary N) is 1. The summed E-state index contributed by atoms with van der Waals surface area (Å²) in [6, 6.07) is 6.11. The van der Waals surface area contributed by atoms with Crippen molar-refractivity contribution >= 4 is 24.0 Å². The van der Waals surface area contributed by atoms with Crippen LogP contribution in [0.25, 0.3) is 5.57 Å². The maximum atomic E-state index is 12.9. The maximum Gasteiger partial charge on any atom is 0.204 e. The van der Waals surface area contributed by atoms with Crippen molar-refractivity contribution in [2.45, 2.75) is 0 Å². The van der Waals surface area contributed by atoms with Gasteiger partial charge in [0.2, 0.25) is 6.41 Å². The number of ketones is 1. The molecule has 1 aliphatic rings. The lowest BCUT2D eigenvalue weighted by molar-refractivity contribution is -0.113. The number of amides is 1. The van der Waals surface area contributed by atoms with Gasteiger partial charge in [0.25, 0.3) is 0 Å². The third-order valence-corrected chi connectivity index (χ3v) is 1.95. The lowest BCUT2D eigenvalue weighted by Gasteiger charge is -2.05. The molecule has 0 unspecified atom stereocenters. The molecule has 0 bridgehead atoms. The van der Waals surface area contributed by atoms with E-state index in [2.05, 4.69) is 10.7 Å². The summed E-state index contributed by atoms with van der Waals surface area (Å²) < 4.78 is 12.9. The van der Waals surface area contributed by atoms with Crippen molar-refractivity contribution in [1.82, 2.24) is 0 Å². The highest BCUT2D eigenvalue weighted by Crippen LogP contribution is 2.15. The molecular weight excluding hydrogens is 223 g/mol. The van der Waals surface area contributed by atoms with E-state index in [4.69, 9.17) is 4.79 Å². The Balaban J connectivity index is 0.000000437. The number of dihydropyridines is 1. The molecule has 1 heterocycles. The van der Waals surface area contributed by atoms with Crippen molar-refractivity contribution in [2.75, 3.05) is 6.54 Å². The predicted molar refractivity (Wildman–Crippen MR) is 63.0 cm³/mol. The Hall–Kier alpha value is -2.30. The third-order valence-electron chi connectivity index (χ3n) is 1.95. The average molecular weight is 234 g/mol. The van der Waals surface area contributed by atoms with E-state index in [0.29, 0.717) is 11.1 Å². The minimum Gasteiger partial charge on any atom is -0.372 e. The SMILES string of the molecule is NC=O.O=C1C=C(c2cccc(F)c2)C=NC1. The first-order chi connectivity index (χ1) is 8.17. The highest BCUT2D eigenvalue weighted by Gasteiger charge is 2.07. The fourth-order valence-corrected chi connectivity index (χ4v) is 1.32. The zero-order valence-corrected chi connectivity index (χ0v) is 8.97. The van der Waals surface area contributed by atoms with Crippen LogP contribution in [-0.4, -0.2) is 25.0 Å². The van der Waals surface area contributed by atoms with Crippen LogP contribution in [0.2, 0.25) is 0 Å². The van der Waals surface area contributed by atoms with Gasteiger partial charge in [0, 0.05) is 11.8 Å². The zero-order chi connectivity index (χ0) is 12.7. The number of allylic oxidation sites excluding steroid dienone is 1. The summed E-state index contributed by atoms with van der Waals surface area (Å²) in [5.41, 5.74) is 5.52. The normalized spacial score (nSPS) is 13.5. The average Bonchev–Trinajstić information content (AvgIpc) is 2.30. The van der Waals surface area contributed by atoms with E-state index >= 15 is 0 Å². The van der Waals surface area contributed by atoms with Gasteiger partial charge in [-0.05, 0) is 23.8 Å². The van der Waals surface area contributed by atoms with Gasteiger partial charge in [-0.15, -0.1) is 0 Å². The summed E-state index contributed by atoms with van der Waals surface area (Å²) in [5.74, 6) is -0.360. The maximum absolute atomic E-state index is 12.9. The first kappa shape index (κ1) is 12.8. The van der Waals surface area contributed by atoms with Crippen LogP contribution in [0, 0.1) is 5.82 Å². The van der Waals surface area contributed by atoms with E-state index in [1.165, 1.54) is 18.2 Å². The largest absolute Gasteiger partial charge is 0.372 e. The number of hydrogen-bond acceptors (Lipinski definition) is 3. The topological polar surface area (TPSA) is 72.5 Å². The summed E-state index contributed by atoms with van der Waals surface area (Å²) in [5, 5.41) is 0. The standard InChI is InChI=1S/C11H8FNO.CH3NO/c12-10-3-1-2-8(4-10)9-5-11(14)7-13-6-9;2-1-3/h1-6H,7H2;1H,(H2,2,3). The van der Waals surface area contributed by atoms with Crippen LogP contribution in [0.5, 0.6) is 0 Å². The number of carbonyl (C=O) groups excluding carboxylic acids is 2. The number of hydrogen-bond donors (Lipinski definition) is 1. The lowest BCUT2D eigenvalue weighted by Crippen LogP contribution is -2.05. The molecule has 17 heavy (non-hydrogen) atoms. The second-order valence-corrected chi connectivity index (χ2v) is 3.18. The molecule has 0 aromatic heterocycles. The van der Waals surface area contributed by atoms with Crippen molar-refractivity contribution in [2.24, 2.45) is 10.7 Å². The first-order valence-electron chi connectivity index (χ1n) is 4.83. The van der Waals surface area contributed by atoms with Crippen LogP contribution in [0.1, 0.15) is 5.56 Å². The minimum absolute atomic E-state index is 0.0493. The Labute approximate surface area is 97.7 Å². The minimum atomic E-state index is -0.310. The third kappa shape index (κ3) is 3.98. The zero-order valence-electron chi connectivity index (χ0n) is 8.97. The van der Waals surface area contributed by atoms with E-state index in [1.54, 1.807) is 18.3 Å². The highest BCUT2D eigenvalue weighted by atomic mass is 19.1. The second-order valence-electron chi connectivity index (χ2n) is 3.18. The van der Waals surface area contributed by atoms with Gasteiger partial charge in [-0.3, -0.25) is 14.6 Å². The Morgan fingerprint density at radius 1 is 1.41 bits per heavy atom. The van der Waals surface area contributed by atoms with E-state index < -0.39 is 0 Å². The molecule has 0 spiro atoms. The summed E-state index contributed by atoms with van der Waals surface area (Å²) in [6.45, 7) is 0.193. The van der Waals surface area contributed by atoms with Crippen molar-refractivity contribution < 1.29 is 14.0 Å². The van der Waals surface area contributed by atoms with Crippen LogP contribution < -0.4 is 5.73 Å². The summed E-state index contributed by atoms with van der Waals surface area (Å²) in [6.07, 6.45) is 3.33. The molecule has 0 saturated carbocycles. The fourth-order valence-electron chi connectivity index (χ4n) is 1.32. The number of nitrogens with zero attached hydrogens (tertiary/aromatic N) is 1. The number of carbonyl (C=O) groups is 2. The van der Waals surface area contributed by atoms with Gasteiger partial charge in [0.05, 0.1) is 0 Å². The van der Waals surface area contributed by atoms with Crippen molar-refractivity contribution in [3.8, 4) is 0 Å². The summed E-state index contributed by atoms with van der Waals surface area (Å²) in [7, 11) is 0. The van der Waals surface area contributed by atoms with Crippen molar-refractivity contribution in [1.29, 1.82) is 0 Å². The van der Waals surface area contributed by atoms with E-state index in [-0.39, 0.29) is 24.6 Å². The number of rotatable bonds is 1. The van der Waals surface area contributed by atoms with Gasteiger partial charge < -0.3 is 5.73 Å². The molecule has 1 aromatic rings. The molecule has 4 nitrogen and oxygen atoms in total. The van der Waals surface area contributed by atoms with E-state index in [0.717, 1.165) is 0 Å². The van der Waals surface area contributed by atoms with Crippen LogP contribution in [0.3, 0.4) is 0 Å². The van der Waals surface area contributed by atoms with Crippen LogP contribution >= 0.6 is 0 Å². The molecule has 0 radical (unpaired) electrons. The van der Waals surface area contributed by atoms with Gasteiger partial charge in [-0.1, -0.05) is 12.1 Å². The monoisotopic (exact) mass is 234 g/mol. The number of halogens is 1. The van der Waals surface area contributed by atoms with Gasteiger partial charge in [-0.25, -0.2) is 4.39 Å². The molecule has 0 aliphatic carbocycles. The van der Waals surface area contributed by atoms with Gasteiger partial charge in [-0.2, -0.15) is 0 Å². The molecule has 1 aromatic carbocycles. The Bertz CT molecular complexity index is 481. The van der Waals surface area contributed by atoms with Crippen molar-refractivity contribution in [3.63, 3.8) is 0 Å². The molecule has 0 atom stereocenters. The Morgan fingerprint density at radius 2 is 2.12 bits per heavy atom. The first-order valence-corrected chi connectivity index (χ1v) is 4.83. The van der Waals surface area contributed by atoms with E-state index in [9.17, 15) is 9.18 Å². The summed E-state index contributed by atoms with van der Waals surface area (Å²) in [4.78, 5) is 23.5. The quantitative estimate of drug-likeness (QED) is 0.735. The smallest absolute Gasteiger partial charge is 0.204 e. The molecule has 2 N–H and O–H groups in total. The number of primary amides is 1. The second kappa shape index (κ2) is 6.32. The van der Waals surface area contributed by atoms with E-state index in [1.807, 2.05) is 0 Å². The fraction of sp³-hybridized carbons (Fsp3) is 0.0833. The van der Waals surface area contributed by atoms with Crippen LogP contribution in [-0.2, 0) is 9.59 Å². The van der Waals surface area contributed by atoms with Crippen LogP contribution in [0.4, 0.5) is 4.39 Å². The Kier molecular flexibility index (Phi) is 4.75. The lowest BCUT2D eigenvalue weighted by atomic mass is 10.0. The molecule has 1 aliphatic heterocycles. The van der Waals surface area contributed by atoms with Crippen LogP contribution in [0.15, 0.2) is 35.3 Å². The van der Waals surface area contributed by atoms with Gasteiger partial charge in [0.1, 0.15) is 12.4 Å². The Morgan fingerprint density at radius 3 is 2.71 bits per heavy atom. The number of aliphatic imine (C=N–C) groups is 1. The van der Waals surface area contributed by atoms with Crippen molar-refractivity contribution in [3.05, 3.63) is 41.7 Å². The number of benzene rings is 1. The molecule has 2 rings (SSSR count). The molecule has 88 valence electrons.